The van der Waals surface area contributed by atoms with Crippen LogP contribution >= 0.6 is 11.3 Å². The molecule has 0 aliphatic carbocycles. The van der Waals surface area contributed by atoms with Gasteiger partial charge in [0.1, 0.15) is 5.75 Å². The number of fused-ring (bicyclic) bond motifs is 1. The standard InChI is InChI=1S/C18H18N4O3S/c23-16(19-10-13-11-21-7-8-26-18(21)20-13)12-25-15-4-1-3-14(9-15)22-6-2-5-17(22)24/h1,3-4,7-9,11H,2,5-6,10,12H2,(H,19,23). The van der Waals surface area contributed by atoms with Crippen molar-refractivity contribution in [3.63, 3.8) is 0 Å². The van der Waals surface area contributed by atoms with E-state index < -0.39 is 0 Å². The normalized spacial score (nSPS) is 14.2. The number of hydrogen-bond donors (Lipinski definition) is 1. The molecule has 134 valence electrons. The number of nitrogens with one attached hydrogen (secondary N) is 1. The smallest absolute Gasteiger partial charge is 0.258 e. The number of rotatable bonds is 6. The van der Waals surface area contributed by atoms with E-state index in [4.69, 9.17) is 4.74 Å². The molecule has 2 aromatic heterocycles. The molecule has 3 aromatic rings. The summed E-state index contributed by atoms with van der Waals surface area (Å²) in [5, 5.41) is 4.76. The fraction of sp³-hybridized carbons (Fsp3) is 0.278. The van der Waals surface area contributed by atoms with E-state index in [1.807, 2.05) is 34.3 Å². The van der Waals surface area contributed by atoms with E-state index >= 15 is 0 Å². The maximum Gasteiger partial charge on any atom is 0.258 e. The number of benzene rings is 1. The molecule has 0 unspecified atom stereocenters. The van der Waals surface area contributed by atoms with E-state index in [2.05, 4.69) is 10.3 Å². The third kappa shape index (κ3) is 3.55. The van der Waals surface area contributed by atoms with Crippen molar-refractivity contribution in [2.75, 3.05) is 18.1 Å². The van der Waals surface area contributed by atoms with E-state index in [-0.39, 0.29) is 18.4 Å². The molecular weight excluding hydrogens is 352 g/mol. The lowest BCUT2D eigenvalue weighted by molar-refractivity contribution is -0.123. The lowest BCUT2D eigenvalue weighted by Crippen LogP contribution is -2.28. The van der Waals surface area contributed by atoms with E-state index in [0.717, 1.165) is 29.3 Å². The zero-order valence-electron chi connectivity index (χ0n) is 14.1. The first kappa shape index (κ1) is 16.6. The van der Waals surface area contributed by atoms with E-state index in [1.165, 1.54) is 0 Å². The molecule has 1 fully saturated rings. The predicted octanol–water partition coefficient (Wildman–Crippen LogP) is 2.22. The van der Waals surface area contributed by atoms with Crippen molar-refractivity contribution in [2.45, 2.75) is 19.4 Å². The monoisotopic (exact) mass is 370 g/mol. The highest BCUT2D eigenvalue weighted by Crippen LogP contribution is 2.25. The summed E-state index contributed by atoms with van der Waals surface area (Å²) in [4.78, 5) is 30.9. The number of amides is 2. The minimum Gasteiger partial charge on any atom is -0.484 e. The van der Waals surface area contributed by atoms with Crippen LogP contribution in [0.15, 0.2) is 42.0 Å². The first-order valence-electron chi connectivity index (χ1n) is 8.40. The van der Waals surface area contributed by atoms with Crippen LogP contribution in [-0.4, -0.2) is 34.4 Å². The highest BCUT2D eigenvalue weighted by Gasteiger charge is 2.21. The third-order valence-electron chi connectivity index (χ3n) is 4.18. The van der Waals surface area contributed by atoms with Crippen LogP contribution in [0.1, 0.15) is 18.5 Å². The Morgan fingerprint density at radius 3 is 3.12 bits per heavy atom. The number of hydrogen-bond acceptors (Lipinski definition) is 5. The molecule has 0 saturated carbocycles. The fourth-order valence-corrected chi connectivity index (χ4v) is 3.63. The molecule has 26 heavy (non-hydrogen) atoms. The van der Waals surface area contributed by atoms with Crippen molar-refractivity contribution in [1.82, 2.24) is 14.7 Å². The van der Waals surface area contributed by atoms with Crippen molar-refractivity contribution >= 4 is 33.8 Å². The lowest BCUT2D eigenvalue weighted by atomic mass is 10.3. The molecule has 3 heterocycles. The van der Waals surface area contributed by atoms with Gasteiger partial charge in [0.25, 0.3) is 5.91 Å². The number of carbonyl (C=O) groups excluding carboxylic acids is 2. The average molecular weight is 370 g/mol. The number of nitrogens with zero attached hydrogens (tertiary/aromatic N) is 3. The highest BCUT2D eigenvalue weighted by atomic mass is 32.1. The molecule has 2 amide bonds. The Morgan fingerprint density at radius 2 is 2.31 bits per heavy atom. The first-order valence-corrected chi connectivity index (χ1v) is 9.28. The summed E-state index contributed by atoms with van der Waals surface area (Å²) in [6.45, 7) is 1.00. The molecule has 0 bridgehead atoms. The van der Waals surface area contributed by atoms with E-state index in [9.17, 15) is 9.59 Å². The minimum atomic E-state index is -0.219. The number of imidazole rings is 1. The molecule has 1 aromatic carbocycles. The van der Waals surface area contributed by atoms with Gasteiger partial charge in [0.05, 0.1) is 12.2 Å². The van der Waals surface area contributed by atoms with Gasteiger partial charge in [-0.1, -0.05) is 6.07 Å². The van der Waals surface area contributed by atoms with E-state index in [0.29, 0.717) is 18.7 Å². The second-order valence-electron chi connectivity index (χ2n) is 6.04. The Labute approximate surface area is 154 Å². The summed E-state index contributed by atoms with van der Waals surface area (Å²) >= 11 is 1.55. The average Bonchev–Trinajstić information content (AvgIpc) is 3.34. The van der Waals surface area contributed by atoms with Crippen molar-refractivity contribution in [3.05, 3.63) is 47.7 Å². The van der Waals surface area contributed by atoms with Crippen LogP contribution in [0.3, 0.4) is 0 Å². The van der Waals surface area contributed by atoms with Gasteiger partial charge in [0.15, 0.2) is 11.6 Å². The summed E-state index contributed by atoms with van der Waals surface area (Å²) in [5.74, 6) is 0.476. The van der Waals surface area contributed by atoms with Gasteiger partial charge in [-0.3, -0.25) is 14.0 Å². The van der Waals surface area contributed by atoms with Crippen LogP contribution in [-0.2, 0) is 16.1 Å². The zero-order valence-corrected chi connectivity index (χ0v) is 14.9. The molecule has 1 aliphatic heterocycles. The van der Waals surface area contributed by atoms with Gasteiger partial charge in [-0.2, -0.15) is 0 Å². The number of carbonyl (C=O) groups is 2. The first-order chi connectivity index (χ1) is 12.7. The quantitative estimate of drug-likeness (QED) is 0.722. The lowest BCUT2D eigenvalue weighted by Gasteiger charge is -2.16. The number of ether oxygens (including phenoxy) is 1. The summed E-state index contributed by atoms with van der Waals surface area (Å²) in [7, 11) is 0. The number of aromatic nitrogens is 2. The van der Waals surface area contributed by atoms with Crippen molar-refractivity contribution in [3.8, 4) is 5.75 Å². The second-order valence-corrected chi connectivity index (χ2v) is 6.91. The molecule has 8 heteroatoms. The van der Waals surface area contributed by atoms with Crippen molar-refractivity contribution < 1.29 is 14.3 Å². The molecule has 7 nitrogen and oxygen atoms in total. The second kappa shape index (κ2) is 7.17. The van der Waals surface area contributed by atoms with Crippen molar-refractivity contribution in [2.24, 2.45) is 0 Å². The van der Waals surface area contributed by atoms with Crippen LogP contribution in [0.2, 0.25) is 0 Å². The van der Waals surface area contributed by atoms with Gasteiger partial charge >= 0.3 is 0 Å². The molecule has 0 spiro atoms. The maximum atomic E-state index is 12.0. The van der Waals surface area contributed by atoms with Crippen LogP contribution < -0.4 is 15.0 Å². The molecule has 1 N–H and O–H groups in total. The highest BCUT2D eigenvalue weighted by molar-refractivity contribution is 7.15. The maximum absolute atomic E-state index is 12.0. The largest absolute Gasteiger partial charge is 0.484 e. The minimum absolute atomic E-state index is 0.0837. The molecule has 0 radical (unpaired) electrons. The Balaban J connectivity index is 1.30. The predicted molar refractivity (Wildman–Crippen MR) is 98.4 cm³/mol. The Kier molecular flexibility index (Phi) is 4.57. The van der Waals surface area contributed by atoms with E-state index in [1.54, 1.807) is 28.4 Å². The SMILES string of the molecule is O=C(COc1cccc(N2CCCC2=O)c1)NCc1cn2ccsc2n1. The van der Waals surface area contributed by atoms with Crippen LogP contribution in [0.5, 0.6) is 5.75 Å². The summed E-state index contributed by atoms with van der Waals surface area (Å²) < 4.78 is 7.49. The topological polar surface area (TPSA) is 75.9 Å². The van der Waals surface area contributed by atoms with Crippen LogP contribution in [0, 0.1) is 0 Å². The van der Waals surface area contributed by atoms with Gasteiger partial charge < -0.3 is 15.0 Å². The molecule has 4 rings (SSSR count). The Morgan fingerprint density at radius 1 is 1.38 bits per heavy atom. The summed E-state index contributed by atoms with van der Waals surface area (Å²) in [6.07, 6.45) is 5.28. The van der Waals surface area contributed by atoms with Crippen LogP contribution in [0.4, 0.5) is 5.69 Å². The zero-order chi connectivity index (χ0) is 17.9. The van der Waals surface area contributed by atoms with Gasteiger partial charge in [-0.15, -0.1) is 11.3 Å². The van der Waals surface area contributed by atoms with Gasteiger partial charge in [0.2, 0.25) is 5.91 Å². The molecule has 0 atom stereocenters. The van der Waals surface area contributed by atoms with Gasteiger partial charge in [0, 0.05) is 42.5 Å². The van der Waals surface area contributed by atoms with Crippen molar-refractivity contribution in [1.29, 1.82) is 0 Å². The third-order valence-corrected chi connectivity index (χ3v) is 4.95. The molecule has 1 aliphatic rings. The Hall–Kier alpha value is -2.87. The van der Waals surface area contributed by atoms with Gasteiger partial charge in [-0.25, -0.2) is 4.98 Å². The molecular formula is C18H18N4O3S. The summed E-state index contributed by atoms with van der Waals surface area (Å²) in [5.41, 5.74) is 1.61. The van der Waals surface area contributed by atoms with Crippen LogP contribution in [0.25, 0.3) is 4.96 Å². The summed E-state index contributed by atoms with van der Waals surface area (Å²) in [6, 6.07) is 7.27. The van der Waals surface area contributed by atoms with Gasteiger partial charge in [-0.05, 0) is 18.6 Å². The fourth-order valence-electron chi connectivity index (χ4n) is 2.91. The number of anilines is 1. The number of thiazole rings is 1. The molecule has 1 saturated heterocycles. The Bertz CT molecular complexity index is 920.